The van der Waals surface area contributed by atoms with Crippen molar-refractivity contribution >= 4 is 5.78 Å². The number of nitrogens with two attached hydrogens (primary N) is 1. The maximum absolute atomic E-state index is 14.4. The van der Waals surface area contributed by atoms with Crippen LogP contribution in [-0.2, 0) is 6.42 Å². The largest absolute Gasteiger partial charge is 0.325 e. The molecule has 172 valence electrons. The first-order valence-electron chi connectivity index (χ1n) is 10.7. The third-order valence-electron chi connectivity index (χ3n) is 6.23. The Morgan fingerprint density at radius 3 is 2.48 bits per heavy atom. The predicted octanol–water partition coefficient (Wildman–Crippen LogP) is 5.17. The van der Waals surface area contributed by atoms with E-state index in [1.54, 1.807) is 18.5 Å². The molecule has 4 nitrogen and oxygen atoms in total. The Kier molecular flexibility index (Phi) is 6.56. The van der Waals surface area contributed by atoms with Crippen molar-refractivity contribution in [2.75, 3.05) is 0 Å². The average molecular weight is 457 g/mol. The lowest BCUT2D eigenvalue weighted by Crippen LogP contribution is -2.42. The molecule has 2 N–H and O–H groups in total. The lowest BCUT2D eigenvalue weighted by Gasteiger charge is -2.35. The highest BCUT2D eigenvalue weighted by Gasteiger charge is 2.35. The fourth-order valence-corrected chi connectivity index (χ4v) is 4.55. The van der Waals surface area contributed by atoms with Crippen LogP contribution in [0.2, 0.25) is 0 Å². The van der Waals surface area contributed by atoms with Gasteiger partial charge in [-0.25, -0.2) is 22.5 Å². The Balaban J connectivity index is 1.63. The maximum Gasteiger partial charge on any atom is 0.185 e. The van der Waals surface area contributed by atoms with Gasteiger partial charge >= 0.3 is 0 Å². The molecule has 0 saturated heterocycles. The van der Waals surface area contributed by atoms with E-state index in [4.69, 9.17) is 5.73 Å². The number of carbonyl (C=O) groups excluding carboxylic acids is 1. The maximum atomic E-state index is 14.4. The van der Waals surface area contributed by atoms with Gasteiger partial charge in [0.25, 0.3) is 0 Å². The summed E-state index contributed by atoms with van der Waals surface area (Å²) in [5.41, 5.74) is 6.16. The predicted molar refractivity (Wildman–Crippen MR) is 116 cm³/mol. The summed E-state index contributed by atoms with van der Waals surface area (Å²) in [4.78, 5) is 21.1. The summed E-state index contributed by atoms with van der Waals surface area (Å²) in [6.07, 6.45) is 3.03. The van der Waals surface area contributed by atoms with Crippen molar-refractivity contribution in [3.05, 3.63) is 83.1 Å². The van der Waals surface area contributed by atoms with Crippen LogP contribution in [0.15, 0.2) is 48.8 Å². The minimum atomic E-state index is -1.08. The fourth-order valence-electron chi connectivity index (χ4n) is 4.55. The van der Waals surface area contributed by atoms with E-state index in [-0.39, 0.29) is 24.0 Å². The van der Waals surface area contributed by atoms with E-state index >= 15 is 0 Å². The van der Waals surface area contributed by atoms with E-state index in [1.165, 1.54) is 6.07 Å². The van der Waals surface area contributed by atoms with E-state index < -0.39 is 46.7 Å². The molecule has 4 atom stereocenters. The fraction of sp³-hybridized carbons (Fsp3) is 0.320. The van der Waals surface area contributed by atoms with E-state index in [0.717, 1.165) is 29.8 Å². The van der Waals surface area contributed by atoms with Gasteiger partial charge in [0.15, 0.2) is 5.78 Å². The van der Waals surface area contributed by atoms with E-state index in [0.29, 0.717) is 18.4 Å². The Labute approximate surface area is 188 Å². The molecule has 1 aliphatic rings. The molecule has 0 bridgehead atoms. The number of alkyl halides is 1. The van der Waals surface area contributed by atoms with Crippen molar-refractivity contribution in [1.29, 1.82) is 0 Å². The second kappa shape index (κ2) is 9.39. The van der Waals surface area contributed by atoms with Crippen molar-refractivity contribution in [3.63, 3.8) is 0 Å². The second-order valence-corrected chi connectivity index (χ2v) is 8.55. The molecule has 0 unspecified atom stereocenters. The highest BCUT2D eigenvalue weighted by atomic mass is 19.1. The Bertz CT molecular complexity index is 1150. The molecule has 1 aliphatic carbocycles. The number of hydrogen-bond donors (Lipinski definition) is 1. The normalized spacial score (nSPS) is 22.8. The molecule has 0 aliphatic heterocycles. The number of carbonyl (C=O) groups is 1. The summed E-state index contributed by atoms with van der Waals surface area (Å²) in [7, 11) is 0. The summed E-state index contributed by atoms with van der Waals surface area (Å²) < 4.78 is 56.9. The third-order valence-corrected chi connectivity index (χ3v) is 6.23. The summed E-state index contributed by atoms with van der Waals surface area (Å²) in [6, 6.07) is 6.50. The first-order valence-corrected chi connectivity index (χ1v) is 10.7. The zero-order valence-electron chi connectivity index (χ0n) is 17.9. The number of hydrogen-bond acceptors (Lipinski definition) is 4. The van der Waals surface area contributed by atoms with Crippen LogP contribution in [0.1, 0.15) is 47.3 Å². The molecule has 1 fully saturated rings. The van der Waals surface area contributed by atoms with Gasteiger partial charge < -0.3 is 5.73 Å². The number of benzene rings is 1. The van der Waals surface area contributed by atoms with Gasteiger partial charge in [-0.3, -0.25) is 9.78 Å². The van der Waals surface area contributed by atoms with E-state index in [1.807, 2.05) is 6.92 Å². The van der Waals surface area contributed by atoms with Crippen LogP contribution in [0.4, 0.5) is 17.6 Å². The topological polar surface area (TPSA) is 68.9 Å². The third kappa shape index (κ3) is 4.66. The van der Waals surface area contributed by atoms with Gasteiger partial charge in [-0.1, -0.05) is 13.0 Å². The zero-order chi connectivity index (χ0) is 23.7. The molecule has 4 rings (SSSR count). The van der Waals surface area contributed by atoms with Crippen molar-refractivity contribution in [2.24, 2.45) is 11.7 Å². The molecular weight excluding hydrogens is 434 g/mol. The van der Waals surface area contributed by atoms with Gasteiger partial charge in [-0.15, -0.1) is 0 Å². The van der Waals surface area contributed by atoms with Crippen LogP contribution < -0.4 is 5.73 Å². The van der Waals surface area contributed by atoms with E-state index in [2.05, 4.69) is 9.97 Å². The molecule has 0 spiro atoms. The smallest absolute Gasteiger partial charge is 0.185 e. The number of aromatic nitrogens is 2. The van der Waals surface area contributed by atoms with Crippen molar-refractivity contribution in [2.45, 2.75) is 44.3 Å². The molecule has 0 amide bonds. The van der Waals surface area contributed by atoms with Crippen LogP contribution in [-0.4, -0.2) is 28.0 Å². The molecule has 1 aromatic carbocycles. The lowest BCUT2D eigenvalue weighted by atomic mass is 9.74. The number of ketones is 1. The Morgan fingerprint density at radius 1 is 1.06 bits per heavy atom. The van der Waals surface area contributed by atoms with Crippen molar-refractivity contribution in [1.82, 2.24) is 9.97 Å². The minimum Gasteiger partial charge on any atom is -0.325 e. The van der Waals surface area contributed by atoms with Gasteiger partial charge in [0, 0.05) is 24.9 Å². The molecule has 33 heavy (non-hydrogen) atoms. The van der Waals surface area contributed by atoms with Gasteiger partial charge in [0.1, 0.15) is 35.0 Å². The van der Waals surface area contributed by atoms with E-state index in [9.17, 15) is 22.4 Å². The van der Waals surface area contributed by atoms with Crippen LogP contribution >= 0.6 is 0 Å². The van der Waals surface area contributed by atoms with Crippen LogP contribution in [0.25, 0.3) is 11.3 Å². The highest BCUT2D eigenvalue weighted by Crippen LogP contribution is 2.38. The molecule has 8 heteroatoms. The number of pyridine rings is 2. The molecule has 3 aromatic rings. The Hall–Kier alpha value is -3.13. The first kappa shape index (κ1) is 23.0. The van der Waals surface area contributed by atoms with Crippen molar-refractivity contribution < 1.29 is 22.4 Å². The zero-order valence-corrected chi connectivity index (χ0v) is 17.9. The monoisotopic (exact) mass is 457 g/mol. The molecule has 0 radical (unpaired) electrons. The average Bonchev–Trinajstić information content (AvgIpc) is 2.78. The first-order chi connectivity index (χ1) is 15.8. The molecule has 2 aromatic heterocycles. The molecule has 1 saturated carbocycles. The highest BCUT2D eigenvalue weighted by molar-refractivity contribution is 5.96. The molecular formula is C25H23F4N3O. The lowest BCUT2D eigenvalue weighted by molar-refractivity contribution is 0.0987. The number of Topliss-reactive ketones (excluding diaryl/α,β-unsaturated/α-hetero) is 1. The number of nitrogens with zero attached hydrogens (tertiary/aromatic N) is 2. The summed E-state index contributed by atoms with van der Waals surface area (Å²) in [5.74, 6) is -3.60. The summed E-state index contributed by atoms with van der Waals surface area (Å²) in [6.45, 7) is 1.81. The second-order valence-electron chi connectivity index (χ2n) is 8.55. The molecule has 2 heterocycles. The summed E-state index contributed by atoms with van der Waals surface area (Å²) in [5, 5.41) is 0. The SMILES string of the molecule is C[C@H]1C[C@@H](c2ccncc2CC(=O)c2ccc(F)c(-c3c(F)cccc3F)n2)C[C@@H](N)[C@H]1F. The van der Waals surface area contributed by atoms with Crippen molar-refractivity contribution in [3.8, 4) is 11.3 Å². The quantitative estimate of drug-likeness (QED) is 0.424. The van der Waals surface area contributed by atoms with Gasteiger partial charge in [0.2, 0.25) is 0 Å². The van der Waals surface area contributed by atoms with Crippen LogP contribution in [0.3, 0.4) is 0 Å². The van der Waals surface area contributed by atoms with Gasteiger partial charge in [-0.2, -0.15) is 0 Å². The van der Waals surface area contributed by atoms with Crippen LogP contribution in [0.5, 0.6) is 0 Å². The minimum absolute atomic E-state index is 0.0305. The Morgan fingerprint density at radius 2 is 1.79 bits per heavy atom. The standard InChI is InChI=1S/C25H23F4N3O/c1-13-9-14(10-20(30)24(13)29)16-7-8-31-12-15(16)11-22(33)21-6-5-19(28)25(32-21)23-17(26)3-2-4-18(23)27/h2-8,12-14,20,24H,9-11,30H2,1H3/t13-,14+,20+,24-/m0/s1. The number of halogens is 4. The summed E-state index contributed by atoms with van der Waals surface area (Å²) >= 11 is 0. The number of rotatable bonds is 5. The van der Waals surface area contributed by atoms with Gasteiger partial charge in [-0.05, 0) is 66.1 Å². The van der Waals surface area contributed by atoms with Crippen LogP contribution in [0, 0.1) is 23.4 Å². The van der Waals surface area contributed by atoms with Gasteiger partial charge in [0.05, 0.1) is 5.56 Å².